The Labute approximate surface area is 142 Å². The van der Waals surface area contributed by atoms with Gasteiger partial charge in [0, 0.05) is 17.1 Å². The summed E-state index contributed by atoms with van der Waals surface area (Å²) in [7, 11) is 0. The van der Waals surface area contributed by atoms with Gasteiger partial charge in [-0.2, -0.15) is 0 Å². The Balaban J connectivity index is 1.77. The lowest BCUT2D eigenvalue weighted by atomic mass is 9.75. The highest BCUT2D eigenvalue weighted by atomic mass is 16.5. The number of nitrogens with one attached hydrogen (secondary N) is 1. The van der Waals surface area contributed by atoms with Crippen LogP contribution in [0.5, 0.6) is 0 Å². The average Bonchev–Trinajstić information content (AvgIpc) is 2.97. The van der Waals surface area contributed by atoms with Crippen LogP contribution in [0, 0.1) is 17.8 Å². The summed E-state index contributed by atoms with van der Waals surface area (Å²) >= 11 is 0. The number of rotatable bonds is 4. The van der Waals surface area contributed by atoms with Crippen LogP contribution < -0.4 is 0 Å². The average molecular weight is 327 g/mol. The first-order valence-electron chi connectivity index (χ1n) is 8.78. The molecule has 1 fully saturated rings. The molecule has 1 aromatic carbocycles. The molecule has 4 heteroatoms. The number of carbonyl (C=O) groups excluding carboxylic acids is 2. The van der Waals surface area contributed by atoms with Crippen LogP contribution in [0.2, 0.25) is 0 Å². The highest BCUT2D eigenvalue weighted by Crippen LogP contribution is 2.35. The van der Waals surface area contributed by atoms with Crippen LogP contribution in [-0.2, 0) is 9.53 Å². The van der Waals surface area contributed by atoms with Crippen molar-refractivity contribution in [2.24, 2.45) is 17.8 Å². The van der Waals surface area contributed by atoms with Crippen LogP contribution in [0.4, 0.5) is 0 Å². The maximum absolute atomic E-state index is 12.6. The van der Waals surface area contributed by atoms with Gasteiger partial charge in [0.25, 0.3) is 5.78 Å². The van der Waals surface area contributed by atoms with Gasteiger partial charge in [-0.05, 0) is 36.7 Å². The first-order valence-corrected chi connectivity index (χ1v) is 8.78. The third-order valence-corrected chi connectivity index (χ3v) is 5.24. The monoisotopic (exact) mass is 327 g/mol. The van der Waals surface area contributed by atoms with E-state index in [0.717, 1.165) is 30.2 Å². The summed E-state index contributed by atoms with van der Waals surface area (Å²) < 4.78 is 5.67. The molecule has 4 nitrogen and oxygen atoms in total. The van der Waals surface area contributed by atoms with E-state index in [2.05, 4.69) is 25.8 Å². The number of esters is 1. The minimum Gasteiger partial charge on any atom is -0.456 e. The van der Waals surface area contributed by atoms with Crippen LogP contribution in [0.1, 0.15) is 50.4 Å². The van der Waals surface area contributed by atoms with Gasteiger partial charge in [0.2, 0.25) is 0 Å². The fourth-order valence-electron chi connectivity index (χ4n) is 3.81. The van der Waals surface area contributed by atoms with Gasteiger partial charge in [0.15, 0.2) is 0 Å². The lowest BCUT2D eigenvalue weighted by Gasteiger charge is -2.36. The van der Waals surface area contributed by atoms with Gasteiger partial charge in [0.1, 0.15) is 6.10 Å². The highest BCUT2D eigenvalue weighted by molar-refractivity contribution is 6.43. The summed E-state index contributed by atoms with van der Waals surface area (Å²) in [4.78, 5) is 28.0. The zero-order valence-corrected chi connectivity index (χ0v) is 14.5. The molecule has 128 valence electrons. The van der Waals surface area contributed by atoms with Crippen LogP contribution in [-0.4, -0.2) is 22.8 Å². The standard InChI is InChI=1S/C20H25NO3/c1-12(2)14-9-8-13(3)10-18(14)24-20(23)19(22)16-11-21-17-7-5-4-6-15(16)17/h4-7,11-14,18,21H,8-10H2,1-3H3/t13-,14+,18-/m1/s1. The summed E-state index contributed by atoms with van der Waals surface area (Å²) in [6.45, 7) is 6.49. The predicted octanol–water partition coefficient (Wildman–Crippen LogP) is 4.35. The maximum Gasteiger partial charge on any atom is 0.380 e. The summed E-state index contributed by atoms with van der Waals surface area (Å²) in [5.74, 6) is 0.0121. The van der Waals surface area contributed by atoms with Gasteiger partial charge in [-0.25, -0.2) is 4.79 Å². The molecular weight excluding hydrogens is 302 g/mol. The molecule has 0 amide bonds. The molecule has 0 bridgehead atoms. The van der Waals surface area contributed by atoms with Crippen molar-refractivity contribution in [3.05, 3.63) is 36.0 Å². The number of ether oxygens (including phenoxy) is 1. The van der Waals surface area contributed by atoms with E-state index in [1.165, 1.54) is 0 Å². The topological polar surface area (TPSA) is 59.2 Å². The molecule has 1 aliphatic rings. The zero-order chi connectivity index (χ0) is 17.3. The maximum atomic E-state index is 12.6. The second kappa shape index (κ2) is 6.80. The third-order valence-electron chi connectivity index (χ3n) is 5.24. The fraction of sp³-hybridized carbons (Fsp3) is 0.500. The van der Waals surface area contributed by atoms with E-state index in [-0.39, 0.29) is 6.10 Å². The van der Waals surface area contributed by atoms with Gasteiger partial charge in [-0.1, -0.05) is 45.4 Å². The highest BCUT2D eigenvalue weighted by Gasteiger charge is 2.35. The largest absolute Gasteiger partial charge is 0.456 e. The molecule has 1 aliphatic carbocycles. The third kappa shape index (κ3) is 3.23. The number of hydrogen-bond donors (Lipinski definition) is 1. The number of para-hydroxylation sites is 1. The van der Waals surface area contributed by atoms with Crippen molar-refractivity contribution in [3.8, 4) is 0 Å². The molecule has 1 N–H and O–H groups in total. The van der Waals surface area contributed by atoms with Crippen molar-refractivity contribution in [2.75, 3.05) is 0 Å². The molecule has 1 aromatic heterocycles. The van der Waals surface area contributed by atoms with Crippen LogP contribution in [0.3, 0.4) is 0 Å². The quantitative estimate of drug-likeness (QED) is 0.516. The van der Waals surface area contributed by atoms with Crippen molar-refractivity contribution in [1.82, 2.24) is 4.98 Å². The van der Waals surface area contributed by atoms with E-state index in [0.29, 0.717) is 23.3 Å². The Morgan fingerprint density at radius 1 is 1.21 bits per heavy atom. The lowest BCUT2D eigenvalue weighted by Crippen LogP contribution is -2.37. The minimum atomic E-state index is -0.732. The van der Waals surface area contributed by atoms with Crippen molar-refractivity contribution < 1.29 is 14.3 Å². The SMILES string of the molecule is CC(C)[C@@H]1CC[C@@H](C)C[C@H]1OC(=O)C(=O)c1c[nH]c2ccccc12. The van der Waals surface area contributed by atoms with Gasteiger partial charge in [0.05, 0.1) is 5.56 Å². The Kier molecular flexibility index (Phi) is 4.74. The first kappa shape index (κ1) is 16.7. The van der Waals surface area contributed by atoms with Crippen molar-refractivity contribution in [2.45, 2.75) is 46.1 Å². The normalized spacial score (nSPS) is 24.2. The van der Waals surface area contributed by atoms with E-state index < -0.39 is 11.8 Å². The molecule has 1 saturated carbocycles. The number of hydrogen-bond acceptors (Lipinski definition) is 3. The molecule has 0 unspecified atom stereocenters. The molecule has 1 heterocycles. The predicted molar refractivity (Wildman–Crippen MR) is 93.9 cm³/mol. The Bertz CT molecular complexity index is 746. The second-order valence-electron chi connectivity index (χ2n) is 7.35. The molecular formula is C20H25NO3. The van der Waals surface area contributed by atoms with E-state index in [1.807, 2.05) is 24.3 Å². The number of aromatic amines is 1. The molecule has 0 radical (unpaired) electrons. The molecule has 3 rings (SSSR count). The van der Waals surface area contributed by atoms with Gasteiger partial charge in [-0.15, -0.1) is 0 Å². The number of fused-ring (bicyclic) bond motifs is 1. The van der Waals surface area contributed by atoms with E-state index in [9.17, 15) is 9.59 Å². The lowest BCUT2D eigenvalue weighted by molar-refractivity contribution is -0.149. The Morgan fingerprint density at radius 3 is 2.71 bits per heavy atom. The summed E-state index contributed by atoms with van der Waals surface area (Å²) in [5.41, 5.74) is 1.24. The summed E-state index contributed by atoms with van der Waals surface area (Å²) in [6, 6.07) is 7.47. The van der Waals surface area contributed by atoms with E-state index in [1.54, 1.807) is 6.20 Å². The van der Waals surface area contributed by atoms with E-state index in [4.69, 9.17) is 4.74 Å². The zero-order valence-electron chi connectivity index (χ0n) is 14.5. The van der Waals surface area contributed by atoms with E-state index >= 15 is 0 Å². The van der Waals surface area contributed by atoms with Crippen LogP contribution in [0.25, 0.3) is 10.9 Å². The smallest absolute Gasteiger partial charge is 0.380 e. The Morgan fingerprint density at radius 2 is 1.96 bits per heavy atom. The first-order chi connectivity index (χ1) is 11.5. The molecule has 0 spiro atoms. The number of Topliss-reactive ketones (excluding diaryl/α,β-unsaturated/α-hetero) is 1. The number of ketones is 1. The fourth-order valence-corrected chi connectivity index (χ4v) is 3.81. The second-order valence-corrected chi connectivity index (χ2v) is 7.35. The van der Waals surface area contributed by atoms with Gasteiger partial charge in [-0.3, -0.25) is 4.79 Å². The van der Waals surface area contributed by atoms with Gasteiger partial charge >= 0.3 is 5.97 Å². The number of aromatic nitrogens is 1. The molecule has 3 atom stereocenters. The van der Waals surface area contributed by atoms with Crippen LogP contribution >= 0.6 is 0 Å². The number of benzene rings is 1. The summed E-state index contributed by atoms with van der Waals surface area (Å²) in [6.07, 6.45) is 4.49. The Hall–Kier alpha value is -2.10. The van der Waals surface area contributed by atoms with Crippen LogP contribution in [0.15, 0.2) is 30.5 Å². The minimum absolute atomic E-state index is 0.157. The number of H-pyrrole nitrogens is 1. The van der Waals surface area contributed by atoms with Gasteiger partial charge < -0.3 is 9.72 Å². The summed E-state index contributed by atoms with van der Waals surface area (Å²) in [5, 5.41) is 0.761. The molecule has 24 heavy (non-hydrogen) atoms. The molecule has 0 aliphatic heterocycles. The molecule has 0 saturated heterocycles. The van der Waals surface area contributed by atoms with Crippen molar-refractivity contribution in [1.29, 1.82) is 0 Å². The number of carbonyl (C=O) groups is 2. The molecule has 2 aromatic rings. The van der Waals surface area contributed by atoms with Crippen molar-refractivity contribution in [3.63, 3.8) is 0 Å². The van der Waals surface area contributed by atoms with Crippen molar-refractivity contribution >= 4 is 22.7 Å².